The highest BCUT2D eigenvalue weighted by molar-refractivity contribution is 6.34. The molecule has 3 aromatic rings. The van der Waals surface area contributed by atoms with Gasteiger partial charge in [-0.2, -0.15) is 0 Å². The van der Waals surface area contributed by atoms with Gasteiger partial charge in [0.2, 0.25) is 5.91 Å². The van der Waals surface area contributed by atoms with Crippen LogP contribution in [0, 0.1) is 5.92 Å². The van der Waals surface area contributed by atoms with E-state index in [1.54, 1.807) is 6.20 Å². The molecule has 1 saturated heterocycles. The molecule has 5 rings (SSSR count). The number of primary amides is 1. The number of amides is 1. The largest absolute Gasteiger partial charge is 0.379 e. The predicted molar refractivity (Wildman–Crippen MR) is 140 cm³/mol. The molecule has 184 valence electrons. The van der Waals surface area contributed by atoms with Gasteiger partial charge in [-0.1, -0.05) is 48.0 Å². The normalized spacial score (nSPS) is 21.4. The first-order chi connectivity index (χ1) is 17.0. The standard InChI is InChI=1S/C26H32ClN7O/c1-33-10-12-34(13-11-33)16-17-6-8-18(9-7-17)25-31-24-23(20(27)15-29-26(24)32-25)30-21-5-3-2-4-19(21)14-22(28)35/h2-3,6-9,15,19,21H,4-5,10-14,16H2,1H3,(H2,28,35)(H2,29,30,31,32). The van der Waals surface area contributed by atoms with Gasteiger partial charge in [-0.25, -0.2) is 9.97 Å². The van der Waals surface area contributed by atoms with Gasteiger partial charge in [0.1, 0.15) is 11.3 Å². The SMILES string of the molecule is CN1CCN(Cc2ccc(-c3nc4ncc(Cl)c(NC5CC=CCC5CC(N)=O)c4[nH]3)cc2)CC1. The molecule has 3 heterocycles. The van der Waals surface area contributed by atoms with Crippen LogP contribution in [-0.4, -0.2) is 69.9 Å². The zero-order valence-electron chi connectivity index (χ0n) is 20.0. The molecule has 2 aliphatic rings. The van der Waals surface area contributed by atoms with E-state index in [2.05, 4.69) is 68.5 Å². The highest BCUT2D eigenvalue weighted by Gasteiger charge is 2.26. The number of likely N-dealkylation sites (N-methyl/N-ethyl adjacent to an activating group) is 1. The Balaban J connectivity index is 1.35. The Hall–Kier alpha value is -2.94. The van der Waals surface area contributed by atoms with E-state index in [-0.39, 0.29) is 17.9 Å². The van der Waals surface area contributed by atoms with Crippen molar-refractivity contribution < 1.29 is 4.79 Å². The highest BCUT2D eigenvalue weighted by atomic mass is 35.5. The summed E-state index contributed by atoms with van der Waals surface area (Å²) in [6.45, 7) is 5.39. The maximum Gasteiger partial charge on any atom is 0.217 e. The maximum absolute atomic E-state index is 11.6. The summed E-state index contributed by atoms with van der Waals surface area (Å²) in [5.74, 6) is 0.580. The van der Waals surface area contributed by atoms with Gasteiger partial charge in [0.25, 0.3) is 0 Å². The lowest BCUT2D eigenvalue weighted by Crippen LogP contribution is -2.43. The van der Waals surface area contributed by atoms with Crippen LogP contribution in [0.5, 0.6) is 0 Å². The number of aromatic amines is 1. The topological polar surface area (TPSA) is 103 Å². The fraction of sp³-hybridized carbons (Fsp3) is 0.423. The van der Waals surface area contributed by atoms with Gasteiger partial charge < -0.3 is 20.9 Å². The van der Waals surface area contributed by atoms with Crippen molar-refractivity contribution in [2.45, 2.75) is 31.8 Å². The monoisotopic (exact) mass is 493 g/mol. The van der Waals surface area contributed by atoms with Gasteiger partial charge in [-0.3, -0.25) is 9.69 Å². The number of imidazole rings is 1. The number of halogens is 1. The van der Waals surface area contributed by atoms with Crippen LogP contribution in [0.3, 0.4) is 0 Å². The van der Waals surface area contributed by atoms with Crippen LogP contribution in [0.2, 0.25) is 5.02 Å². The number of hydrogen-bond acceptors (Lipinski definition) is 6. The van der Waals surface area contributed by atoms with Crippen molar-refractivity contribution in [1.29, 1.82) is 0 Å². The first kappa shape index (κ1) is 23.8. The molecular weight excluding hydrogens is 462 g/mol. The average Bonchev–Trinajstić information content (AvgIpc) is 3.28. The van der Waals surface area contributed by atoms with Crippen LogP contribution < -0.4 is 11.1 Å². The Morgan fingerprint density at radius 2 is 1.91 bits per heavy atom. The lowest BCUT2D eigenvalue weighted by atomic mass is 9.86. The molecule has 2 unspecified atom stereocenters. The van der Waals surface area contributed by atoms with Crippen molar-refractivity contribution in [3.63, 3.8) is 0 Å². The molecule has 1 aliphatic heterocycles. The van der Waals surface area contributed by atoms with E-state index in [0.29, 0.717) is 17.1 Å². The minimum absolute atomic E-state index is 0.0520. The fourth-order valence-corrected chi connectivity index (χ4v) is 5.16. The van der Waals surface area contributed by atoms with Gasteiger partial charge in [0.05, 0.1) is 16.9 Å². The number of carbonyl (C=O) groups is 1. The molecule has 1 aliphatic carbocycles. The lowest BCUT2D eigenvalue weighted by molar-refractivity contribution is -0.119. The molecule has 0 radical (unpaired) electrons. The number of allylic oxidation sites excluding steroid dienone is 1. The molecule has 0 bridgehead atoms. The van der Waals surface area contributed by atoms with Gasteiger partial charge >= 0.3 is 0 Å². The summed E-state index contributed by atoms with van der Waals surface area (Å²) in [6.07, 6.45) is 7.80. The minimum atomic E-state index is -0.289. The summed E-state index contributed by atoms with van der Waals surface area (Å²) < 4.78 is 0. The number of aromatic nitrogens is 3. The van der Waals surface area contributed by atoms with Gasteiger partial charge in [-0.15, -0.1) is 0 Å². The number of rotatable bonds is 7. The van der Waals surface area contributed by atoms with Crippen molar-refractivity contribution in [3.8, 4) is 11.4 Å². The Bertz CT molecular complexity index is 1210. The third-order valence-corrected chi connectivity index (χ3v) is 7.35. The molecule has 1 aromatic carbocycles. The Kier molecular flexibility index (Phi) is 7.04. The molecule has 35 heavy (non-hydrogen) atoms. The second-order valence-electron chi connectivity index (χ2n) is 9.67. The van der Waals surface area contributed by atoms with Crippen molar-refractivity contribution >= 4 is 34.4 Å². The zero-order valence-corrected chi connectivity index (χ0v) is 20.8. The number of H-pyrrole nitrogens is 1. The number of carbonyl (C=O) groups excluding carboxylic acids is 1. The first-order valence-electron chi connectivity index (χ1n) is 12.2. The smallest absolute Gasteiger partial charge is 0.217 e. The van der Waals surface area contributed by atoms with Crippen LogP contribution >= 0.6 is 11.6 Å². The summed E-state index contributed by atoms with van der Waals surface area (Å²) in [5, 5.41) is 4.08. The van der Waals surface area contributed by atoms with Gasteiger partial charge in [-0.05, 0) is 31.4 Å². The summed E-state index contributed by atoms with van der Waals surface area (Å²) in [7, 11) is 2.17. The van der Waals surface area contributed by atoms with Crippen molar-refractivity contribution in [2.75, 3.05) is 38.5 Å². The van der Waals surface area contributed by atoms with Crippen molar-refractivity contribution in [1.82, 2.24) is 24.8 Å². The number of benzene rings is 1. The van der Waals surface area contributed by atoms with Gasteiger partial charge in [0, 0.05) is 50.7 Å². The summed E-state index contributed by atoms with van der Waals surface area (Å²) in [6, 6.07) is 8.60. The van der Waals surface area contributed by atoms with E-state index >= 15 is 0 Å². The predicted octanol–water partition coefficient (Wildman–Crippen LogP) is 3.65. The average molecular weight is 494 g/mol. The molecule has 2 atom stereocenters. The molecule has 8 nitrogen and oxygen atoms in total. The molecule has 1 amide bonds. The fourth-order valence-electron chi connectivity index (χ4n) is 4.96. The number of piperazine rings is 1. The van der Waals surface area contributed by atoms with Crippen molar-refractivity contribution in [2.24, 2.45) is 11.7 Å². The molecule has 2 aromatic heterocycles. The molecule has 0 spiro atoms. The number of pyridine rings is 1. The number of fused-ring (bicyclic) bond motifs is 1. The molecule has 1 fully saturated rings. The number of nitrogens with one attached hydrogen (secondary N) is 2. The van der Waals surface area contributed by atoms with Crippen LogP contribution in [0.15, 0.2) is 42.6 Å². The quantitative estimate of drug-likeness (QED) is 0.434. The summed E-state index contributed by atoms with van der Waals surface area (Å²) in [5.41, 5.74) is 9.91. The van der Waals surface area contributed by atoms with E-state index in [0.717, 1.165) is 68.2 Å². The summed E-state index contributed by atoms with van der Waals surface area (Å²) >= 11 is 6.56. The van der Waals surface area contributed by atoms with E-state index in [4.69, 9.17) is 22.3 Å². The maximum atomic E-state index is 11.6. The molecule has 0 saturated carbocycles. The van der Waals surface area contributed by atoms with Crippen LogP contribution in [-0.2, 0) is 11.3 Å². The Morgan fingerprint density at radius 1 is 1.17 bits per heavy atom. The third kappa shape index (κ3) is 5.50. The molecule has 4 N–H and O–H groups in total. The second-order valence-corrected chi connectivity index (χ2v) is 10.1. The van der Waals surface area contributed by atoms with E-state index in [9.17, 15) is 4.79 Å². The number of hydrogen-bond donors (Lipinski definition) is 3. The Morgan fingerprint density at radius 3 is 2.66 bits per heavy atom. The third-order valence-electron chi connectivity index (χ3n) is 7.06. The van der Waals surface area contributed by atoms with E-state index < -0.39 is 0 Å². The zero-order chi connectivity index (χ0) is 24.4. The van der Waals surface area contributed by atoms with Crippen LogP contribution in [0.4, 0.5) is 5.69 Å². The minimum Gasteiger partial charge on any atom is -0.379 e. The number of anilines is 1. The van der Waals surface area contributed by atoms with E-state index in [1.807, 2.05) is 0 Å². The molecule has 9 heteroatoms. The van der Waals surface area contributed by atoms with Crippen molar-refractivity contribution in [3.05, 3.63) is 53.2 Å². The van der Waals surface area contributed by atoms with Crippen LogP contribution in [0.25, 0.3) is 22.6 Å². The second kappa shape index (κ2) is 10.4. The Labute approximate surface area is 210 Å². The number of nitrogens with zero attached hydrogens (tertiary/aromatic N) is 4. The molecular formula is C26H32ClN7O. The van der Waals surface area contributed by atoms with E-state index in [1.165, 1.54) is 5.56 Å². The van der Waals surface area contributed by atoms with Gasteiger partial charge in [0.15, 0.2) is 5.65 Å². The highest BCUT2D eigenvalue weighted by Crippen LogP contribution is 2.34. The summed E-state index contributed by atoms with van der Waals surface area (Å²) in [4.78, 5) is 29.0. The first-order valence-corrected chi connectivity index (χ1v) is 12.6. The number of nitrogens with two attached hydrogens (primary N) is 1. The lowest BCUT2D eigenvalue weighted by Gasteiger charge is -2.32. The van der Waals surface area contributed by atoms with Crippen LogP contribution in [0.1, 0.15) is 24.8 Å².